The molecule has 2 atom stereocenters. The summed E-state index contributed by atoms with van der Waals surface area (Å²) < 4.78 is 7.29. The Kier molecular flexibility index (Phi) is 3.46. The van der Waals surface area contributed by atoms with Gasteiger partial charge in [-0.3, -0.25) is 0 Å². The Labute approximate surface area is 112 Å². The zero-order valence-corrected chi connectivity index (χ0v) is 11.1. The fourth-order valence-corrected chi connectivity index (χ4v) is 3.73. The third-order valence-corrected chi connectivity index (χ3v) is 4.77. The minimum Gasteiger partial charge on any atom is -0.443 e. The minimum atomic E-state index is -0.146. The summed E-state index contributed by atoms with van der Waals surface area (Å²) in [5, 5.41) is 0. The molecule has 3 rings (SSSR count). The lowest BCUT2D eigenvalue weighted by Gasteiger charge is -2.26. The Morgan fingerprint density at radius 1 is 1.22 bits per heavy atom. The molecular weight excluding hydrogens is 246 g/mol. The van der Waals surface area contributed by atoms with Crippen molar-refractivity contribution in [2.75, 3.05) is 0 Å². The molecule has 3 nitrogen and oxygen atoms in total. The van der Waals surface area contributed by atoms with Gasteiger partial charge in [0.15, 0.2) is 0 Å². The van der Waals surface area contributed by atoms with Crippen molar-refractivity contribution in [2.24, 2.45) is 0 Å². The largest absolute Gasteiger partial charge is 0.443 e. The molecule has 0 spiro atoms. The zero-order chi connectivity index (χ0) is 12.4. The first-order valence-corrected chi connectivity index (χ1v) is 7.45. The SMILES string of the molecule is O=C1O[C@@H]2CCCCC2N1SCc1ccccc1. The fourth-order valence-electron chi connectivity index (χ4n) is 2.67. The van der Waals surface area contributed by atoms with E-state index in [4.69, 9.17) is 4.74 Å². The summed E-state index contributed by atoms with van der Waals surface area (Å²) in [7, 11) is 0. The van der Waals surface area contributed by atoms with E-state index in [1.807, 2.05) is 22.5 Å². The maximum atomic E-state index is 11.8. The van der Waals surface area contributed by atoms with Crippen LogP contribution in [0.1, 0.15) is 31.2 Å². The van der Waals surface area contributed by atoms with Gasteiger partial charge in [0.2, 0.25) is 0 Å². The number of ether oxygens (including phenoxy) is 1. The van der Waals surface area contributed by atoms with Crippen LogP contribution in [0.5, 0.6) is 0 Å². The third kappa shape index (κ3) is 2.34. The molecular formula is C14H17NO2S. The first-order valence-electron chi connectivity index (χ1n) is 6.51. The summed E-state index contributed by atoms with van der Waals surface area (Å²) in [6.07, 6.45) is 4.49. The molecule has 2 fully saturated rings. The highest BCUT2D eigenvalue weighted by atomic mass is 32.2. The third-order valence-electron chi connectivity index (χ3n) is 3.61. The predicted molar refractivity (Wildman–Crippen MR) is 72.1 cm³/mol. The van der Waals surface area contributed by atoms with Crippen molar-refractivity contribution in [1.82, 2.24) is 4.31 Å². The molecule has 0 bridgehead atoms. The molecule has 18 heavy (non-hydrogen) atoms. The number of amides is 1. The highest BCUT2D eigenvalue weighted by molar-refractivity contribution is 7.96. The summed E-state index contributed by atoms with van der Waals surface area (Å²) in [5.41, 5.74) is 1.24. The Bertz CT molecular complexity index is 423. The van der Waals surface area contributed by atoms with Gasteiger partial charge in [-0.05, 0) is 36.8 Å². The summed E-state index contributed by atoms with van der Waals surface area (Å²) in [4.78, 5) is 11.8. The molecule has 1 amide bonds. The molecule has 1 saturated carbocycles. The molecule has 1 unspecified atom stereocenters. The summed E-state index contributed by atoms with van der Waals surface area (Å²) >= 11 is 1.59. The number of fused-ring (bicyclic) bond motifs is 1. The number of nitrogens with zero attached hydrogens (tertiary/aromatic N) is 1. The number of hydrogen-bond acceptors (Lipinski definition) is 3. The molecule has 4 heteroatoms. The first-order chi connectivity index (χ1) is 8.84. The van der Waals surface area contributed by atoms with Crippen molar-refractivity contribution in [2.45, 2.75) is 43.6 Å². The number of carbonyl (C=O) groups is 1. The van der Waals surface area contributed by atoms with Crippen LogP contribution in [0.3, 0.4) is 0 Å². The normalized spacial score (nSPS) is 26.9. The van der Waals surface area contributed by atoms with Gasteiger partial charge in [-0.1, -0.05) is 36.8 Å². The van der Waals surface area contributed by atoms with Crippen LogP contribution in [-0.4, -0.2) is 22.5 Å². The molecule has 96 valence electrons. The first kappa shape index (κ1) is 11.9. The van der Waals surface area contributed by atoms with Crippen molar-refractivity contribution >= 4 is 18.0 Å². The number of carbonyl (C=O) groups excluding carboxylic acids is 1. The van der Waals surface area contributed by atoms with Gasteiger partial charge in [0.25, 0.3) is 0 Å². The van der Waals surface area contributed by atoms with E-state index in [2.05, 4.69) is 12.1 Å². The van der Waals surface area contributed by atoms with E-state index in [1.54, 1.807) is 11.9 Å². The van der Waals surface area contributed by atoms with Crippen LogP contribution < -0.4 is 0 Å². The number of rotatable bonds is 3. The standard InChI is InChI=1S/C14H17NO2S/c16-14-15(12-8-4-5-9-13(12)17-14)18-10-11-6-2-1-3-7-11/h1-3,6-7,12-13H,4-5,8-10H2/t12?,13-/m1/s1. The van der Waals surface area contributed by atoms with Crippen LogP contribution in [0.2, 0.25) is 0 Å². The van der Waals surface area contributed by atoms with Gasteiger partial charge in [0, 0.05) is 5.75 Å². The topological polar surface area (TPSA) is 29.5 Å². The highest BCUT2D eigenvalue weighted by Crippen LogP contribution is 2.36. The second-order valence-corrected chi connectivity index (χ2v) is 5.80. The van der Waals surface area contributed by atoms with Crippen LogP contribution in [0.15, 0.2) is 30.3 Å². The van der Waals surface area contributed by atoms with Crippen molar-refractivity contribution in [1.29, 1.82) is 0 Å². The van der Waals surface area contributed by atoms with Gasteiger partial charge in [0.1, 0.15) is 6.10 Å². The molecule has 1 aromatic carbocycles. The predicted octanol–water partition coefficient (Wildman–Crippen LogP) is 3.60. The van der Waals surface area contributed by atoms with Gasteiger partial charge < -0.3 is 4.74 Å². The maximum Gasteiger partial charge on any atom is 0.420 e. The molecule has 1 saturated heterocycles. The lowest BCUT2D eigenvalue weighted by Crippen LogP contribution is -2.34. The Balaban J connectivity index is 1.63. The molecule has 1 aliphatic carbocycles. The molecule has 2 aliphatic rings. The van der Waals surface area contributed by atoms with E-state index in [0.717, 1.165) is 18.6 Å². The van der Waals surface area contributed by atoms with E-state index in [0.29, 0.717) is 6.04 Å². The van der Waals surface area contributed by atoms with Gasteiger partial charge in [-0.15, -0.1) is 0 Å². The lowest BCUT2D eigenvalue weighted by molar-refractivity contribution is 0.113. The van der Waals surface area contributed by atoms with Crippen LogP contribution in [-0.2, 0) is 10.5 Å². The smallest absolute Gasteiger partial charge is 0.420 e. The monoisotopic (exact) mass is 263 g/mol. The molecule has 1 aromatic rings. The quantitative estimate of drug-likeness (QED) is 0.780. The molecule has 0 aromatic heterocycles. The van der Waals surface area contributed by atoms with E-state index in [-0.39, 0.29) is 12.2 Å². The van der Waals surface area contributed by atoms with Gasteiger partial charge >= 0.3 is 6.09 Å². The highest BCUT2D eigenvalue weighted by Gasteiger charge is 2.43. The van der Waals surface area contributed by atoms with E-state index in [1.165, 1.54) is 18.4 Å². The van der Waals surface area contributed by atoms with Crippen molar-refractivity contribution in [3.05, 3.63) is 35.9 Å². The van der Waals surface area contributed by atoms with E-state index < -0.39 is 0 Å². The Morgan fingerprint density at radius 2 is 2.00 bits per heavy atom. The minimum absolute atomic E-state index is 0.134. The van der Waals surface area contributed by atoms with Gasteiger partial charge in [0.05, 0.1) is 6.04 Å². The Morgan fingerprint density at radius 3 is 2.83 bits per heavy atom. The van der Waals surface area contributed by atoms with Crippen LogP contribution in [0, 0.1) is 0 Å². The second-order valence-electron chi connectivity index (χ2n) is 4.86. The summed E-state index contributed by atoms with van der Waals surface area (Å²) in [6, 6.07) is 10.5. The number of hydrogen-bond donors (Lipinski definition) is 0. The van der Waals surface area contributed by atoms with Crippen LogP contribution >= 0.6 is 11.9 Å². The molecule has 1 aliphatic heterocycles. The maximum absolute atomic E-state index is 11.8. The van der Waals surface area contributed by atoms with E-state index >= 15 is 0 Å². The van der Waals surface area contributed by atoms with Crippen LogP contribution in [0.25, 0.3) is 0 Å². The lowest BCUT2D eigenvalue weighted by atomic mass is 9.93. The van der Waals surface area contributed by atoms with Gasteiger partial charge in [-0.25, -0.2) is 9.10 Å². The molecule has 0 N–H and O–H groups in total. The average molecular weight is 263 g/mol. The second kappa shape index (κ2) is 5.22. The fraction of sp³-hybridized carbons (Fsp3) is 0.500. The van der Waals surface area contributed by atoms with Crippen molar-refractivity contribution in [3.63, 3.8) is 0 Å². The Hall–Kier alpha value is -1.16. The van der Waals surface area contributed by atoms with Crippen LogP contribution in [0.4, 0.5) is 4.79 Å². The van der Waals surface area contributed by atoms with Crippen molar-refractivity contribution < 1.29 is 9.53 Å². The van der Waals surface area contributed by atoms with Crippen molar-refractivity contribution in [3.8, 4) is 0 Å². The number of benzene rings is 1. The summed E-state index contributed by atoms with van der Waals surface area (Å²) in [6.45, 7) is 0. The summed E-state index contributed by atoms with van der Waals surface area (Å²) in [5.74, 6) is 0.832. The van der Waals surface area contributed by atoms with Gasteiger partial charge in [-0.2, -0.15) is 0 Å². The molecule has 0 radical (unpaired) electrons. The molecule has 1 heterocycles. The van der Waals surface area contributed by atoms with E-state index in [9.17, 15) is 4.79 Å². The zero-order valence-electron chi connectivity index (χ0n) is 10.2. The average Bonchev–Trinajstić information content (AvgIpc) is 2.73.